The van der Waals surface area contributed by atoms with Crippen LogP contribution in [0.1, 0.15) is 13.3 Å². The quantitative estimate of drug-likeness (QED) is 0.379. The summed E-state index contributed by atoms with van der Waals surface area (Å²) in [4.78, 5) is 1.06. The third-order valence-corrected chi connectivity index (χ3v) is 2.88. The highest BCUT2D eigenvalue weighted by atomic mass is 32.2. The number of hydrogen-bond donors (Lipinski definition) is 0. The number of thioether (sulfide) groups is 1. The normalized spacial score (nSPS) is 10.3. The summed E-state index contributed by atoms with van der Waals surface area (Å²) in [5.74, 6) is 1.19. The van der Waals surface area contributed by atoms with Crippen LogP contribution in [0, 0.1) is 0 Å². The van der Waals surface area contributed by atoms with Crippen molar-refractivity contribution in [3.8, 4) is 5.75 Å². The van der Waals surface area contributed by atoms with Crippen molar-refractivity contribution in [2.24, 2.45) is 0 Å². The van der Waals surface area contributed by atoms with Crippen molar-refractivity contribution in [3.63, 3.8) is 0 Å². The van der Waals surface area contributed by atoms with Crippen LogP contribution >= 0.6 is 11.8 Å². The number of hydrogen-bond acceptors (Lipinski definition) is 5. The Morgan fingerprint density at radius 2 is 1.88 bits per heavy atom. The molecule has 4 nitrogen and oxygen atoms in total. The molecule has 0 saturated heterocycles. The molecule has 0 aliphatic heterocycles. The molecule has 0 aliphatic rings. The molecule has 0 radical (unpaired) electrons. The van der Waals surface area contributed by atoms with Gasteiger partial charge in [0.25, 0.3) is 0 Å². The van der Waals surface area contributed by atoms with Gasteiger partial charge in [0.1, 0.15) is 7.32 Å². The lowest BCUT2D eigenvalue weighted by Gasteiger charge is -2.26. The molecule has 6 heteroatoms. The topological polar surface area (TPSA) is 64.6 Å². The van der Waals surface area contributed by atoms with E-state index in [4.69, 9.17) is 4.74 Å². The zero-order chi connectivity index (χ0) is 12.5. The van der Waals surface area contributed by atoms with E-state index in [-0.39, 0.29) is 0 Å². The van der Waals surface area contributed by atoms with Crippen LogP contribution in [0.5, 0.6) is 5.75 Å². The third-order valence-electron chi connectivity index (χ3n) is 1.90. The molecule has 1 aromatic carbocycles. The van der Waals surface area contributed by atoms with E-state index in [0.29, 0.717) is 5.75 Å². The van der Waals surface area contributed by atoms with Crippen LogP contribution in [0.2, 0.25) is 0 Å². The lowest BCUT2D eigenvalue weighted by molar-refractivity contribution is -0.372. The van der Waals surface area contributed by atoms with Crippen molar-refractivity contribution in [1.82, 2.24) is 0 Å². The zero-order valence-electron chi connectivity index (χ0n) is 9.76. The van der Waals surface area contributed by atoms with Crippen molar-refractivity contribution in [2.45, 2.75) is 18.2 Å². The molecular weight excluding hydrogens is 239 g/mol. The molecule has 0 aliphatic carbocycles. The second-order valence-electron chi connectivity index (χ2n) is 3.34. The maximum Gasteiger partial charge on any atom is 0.133 e. The Hall–Kier alpha value is -0.685. The Bertz CT molecular complexity index is 305. The van der Waals surface area contributed by atoms with Gasteiger partial charge < -0.3 is 19.4 Å². The maximum atomic E-state index is 10.3. The summed E-state index contributed by atoms with van der Waals surface area (Å²) in [6.07, 6.45) is 1.03. The first-order valence-corrected chi connectivity index (χ1v) is 6.50. The van der Waals surface area contributed by atoms with Gasteiger partial charge in [-0.2, -0.15) is 0 Å². The van der Waals surface area contributed by atoms with E-state index < -0.39 is 7.32 Å². The molecule has 0 aromatic heterocycles. The average Bonchev–Trinajstić information content (AvgIpc) is 2.30. The summed E-state index contributed by atoms with van der Waals surface area (Å²) < 4.78 is 9.83. The van der Waals surface area contributed by atoms with Crippen LogP contribution in [0.25, 0.3) is 0 Å². The predicted octanol–water partition coefficient (Wildman–Crippen LogP) is 0.290. The van der Waals surface area contributed by atoms with E-state index in [9.17, 15) is 10.0 Å². The van der Waals surface area contributed by atoms with Gasteiger partial charge in [-0.1, -0.05) is 6.92 Å². The first-order valence-electron chi connectivity index (χ1n) is 5.51. The largest absolute Gasteiger partial charge is 0.860 e. The Morgan fingerprint density at radius 1 is 1.18 bits per heavy atom. The van der Waals surface area contributed by atoms with Crippen molar-refractivity contribution in [3.05, 3.63) is 24.3 Å². The van der Waals surface area contributed by atoms with Gasteiger partial charge in [-0.3, -0.25) is 0 Å². The molecular formula is C11H15BO4S-2. The molecule has 0 bridgehead atoms. The van der Waals surface area contributed by atoms with E-state index in [0.717, 1.165) is 30.3 Å². The van der Waals surface area contributed by atoms with Gasteiger partial charge in [0, 0.05) is 17.3 Å². The van der Waals surface area contributed by atoms with E-state index in [1.54, 1.807) is 23.9 Å². The highest BCUT2D eigenvalue weighted by molar-refractivity contribution is 7.99. The first kappa shape index (κ1) is 14.4. The summed E-state index contributed by atoms with van der Waals surface area (Å²) in [6.45, 7) is 3.59. The van der Waals surface area contributed by atoms with Gasteiger partial charge in [-0.15, -0.1) is 11.8 Å². The van der Waals surface area contributed by atoms with E-state index in [2.05, 4.69) is 11.6 Å². The summed E-state index contributed by atoms with van der Waals surface area (Å²) in [5, 5.41) is 20.5. The summed E-state index contributed by atoms with van der Waals surface area (Å²) >= 11 is 1.66. The molecule has 0 N–H and O–H groups in total. The van der Waals surface area contributed by atoms with Gasteiger partial charge in [0.15, 0.2) is 0 Å². The van der Waals surface area contributed by atoms with Crippen LogP contribution in [-0.2, 0) is 4.74 Å². The summed E-state index contributed by atoms with van der Waals surface area (Å²) in [6, 6.07) is 6.89. The molecule has 0 heterocycles. The lowest BCUT2D eigenvalue weighted by Crippen LogP contribution is -2.50. The molecule has 17 heavy (non-hydrogen) atoms. The van der Waals surface area contributed by atoms with Crippen LogP contribution in [0.15, 0.2) is 29.2 Å². The average molecular weight is 254 g/mol. The Balaban J connectivity index is 2.25. The predicted molar refractivity (Wildman–Crippen MR) is 64.7 cm³/mol. The van der Waals surface area contributed by atoms with E-state index >= 15 is 0 Å². The molecule has 0 fully saturated rings. The molecule has 0 atom stereocenters. The number of benzene rings is 1. The minimum absolute atomic E-state index is 0.312. The summed E-state index contributed by atoms with van der Waals surface area (Å²) in [7, 11) is -2.27. The minimum Gasteiger partial charge on any atom is -0.860 e. The maximum absolute atomic E-state index is 10.3. The molecule has 94 valence electrons. The smallest absolute Gasteiger partial charge is 0.133 e. The molecule has 0 spiro atoms. The van der Waals surface area contributed by atoms with Gasteiger partial charge >= 0.3 is 0 Å². The standard InChI is InChI=1S/C11H15BO4S/c1-2-7-15-8-9-17-11-5-3-10(4-6-11)16-12(13)14/h3-6H,2,7-9H2,1H3/q-2. The number of rotatable bonds is 8. The SMILES string of the molecule is CCCOCCSc1ccc(OB([O-])[O-])cc1. The van der Waals surface area contributed by atoms with Gasteiger partial charge in [-0.05, 0) is 30.7 Å². The van der Waals surface area contributed by atoms with Gasteiger partial charge in [0.05, 0.1) is 12.4 Å². The van der Waals surface area contributed by atoms with Crippen molar-refractivity contribution in [2.75, 3.05) is 19.0 Å². The van der Waals surface area contributed by atoms with Crippen LogP contribution < -0.4 is 14.7 Å². The van der Waals surface area contributed by atoms with Crippen molar-refractivity contribution < 1.29 is 19.4 Å². The van der Waals surface area contributed by atoms with E-state index in [1.807, 2.05) is 12.1 Å². The molecule has 1 rings (SSSR count). The fraction of sp³-hybridized carbons (Fsp3) is 0.455. The molecule has 0 unspecified atom stereocenters. The second kappa shape index (κ2) is 8.41. The molecule has 0 saturated carbocycles. The van der Waals surface area contributed by atoms with Gasteiger partial charge in [-0.25, -0.2) is 0 Å². The molecule has 1 aromatic rings. The van der Waals surface area contributed by atoms with Crippen LogP contribution in [-0.4, -0.2) is 26.3 Å². The van der Waals surface area contributed by atoms with Crippen LogP contribution in [0.4, 0.5) is 0 Å². The highest BCUT2D eigenvalue weighted by Crippen LogP contribution is 2.21. The van der Waals surface area contributed by atoms with Crippen molar-refractivity contribution in [1.29, 1.82) is 0 Å². The first-order chi connectivity index (χ1) is 8.22. The summed E-state index contributed by atoms with van der Waals surface area (Å²) in [5.41, 5.74) is 0. The van der Waals surface area contributed by atoms with E-state index in [1.165, 1.54) is 0 Å². The fourth-order valence-corrected chi connectivity index (χ4v) is 1.96. The Morgan fingerprint density at radius 3 is 2.47 bits per heavy atom. The Labute approximate surface area is 106 Å². The zero-order valence-corrected chi connectivity index (χ0v) is 10.6. The number of ether oxygens (including phenoxy) is 1. The van der Waals surface area contributed by atoms with Crippen molar-refractivity contribution >= 4 is 19.1 Å². The Kier molecular flexibility index (Phi) is 7.11. The minimum atomic E-state index is -2.27. The van der Waals surface area contributed by atoms with Gasteiger partial charge in [0.2, 0.25) is 0 Å². The third kappa shape index (κ3) is 6.58. The lowest BCUT2D eigenvalue weighted by atomic mass is 10.2. The highest BCUT2D eigenvalue weighted by Gasteiger charge is 1.95. The molecule has 0 amide bonds. The van der Waals surface area contributed by atoms with Crippen LogP contribution in [0.3, 0.4) is 0 Å². The fourth-order valence-electron chi connectivity index (χ4n) is 1.19. The monoisotopic (exact) mass is 254 g/mol. The second-order valence-corrected chi connectivity index (χ2v) is 4.51.